The zero-order chi connectivity index (χ0) is 18.1. The van der Waals surface area contributed by atoms with Gasteiger partial charge in [-0.05, 0) is 18.2 Å². The maximum Gasteiger partial charge on any atom is 0.411 e. The Hall–Kier alpha value is -3.06. The third-order valence-electron chi connectivity index (χ3n) is 5.54. The van der Waals surface area contributed by atoms with Gasteiger partial charge in [0.1, 0.15) is 6.10 Å². The number of ether oxygens (including phenoxy) is 2. The molecule has 132 valence electrons. The second-order valence-corrected chi connectivity index (χ2v) is 6.73. The molecular weight excluding hydrogens is 334 g/mol. The van der Waals surface area contributed by atoms with Gasteiger partial charge in [0, 0.05) is 25.3 Å². The molecule has 0 aromatic heterocycles. The van der Waals surface area contributed by atoms with Crippen molar-refractivity contribution < 1.29 is 19.1 Å². The van der Waals surface area contributed by atoms with Crippen molar-refractivity contribution in [3.63, 3.8) is 0 Å². The molecule has 1 N–H and O–H groups in total. The predicted octanol–water partition coefficient (Wildman–Crippen LogP) is 2.99. The molecule has 7 nitrogen and oxygen atoms in total. The summed E-state index contributed by atoms with van der Waals surface area (Å²) in [4.78, 5) is 29.0. The third-order valence-corrected chi connectivity index (χ3v) is 5.54. The molecule has 3 heterocycles. The highest BCUT2D eigenvalue weighted by Crippen LogP contribution is 2.60. The van der Waals surface area contributed by atoms with E-state index in [9.17, 15) is 9.59 Å². The van der Waals surface area contributed by atoms with Crippen molar-refractivity contribution in [3.05, 3.63) is 60.2 Å². The minimum Gasteiger partial charge on any atom is -0.418 e. The van der Waals surface area contributed by atoms with Gasteiger partial charge in [0.25, 0.3) is 0 Å². The van der Waals surface area contributed by atoms with Gasteiger partial charge in [-0.2, -0.15) is 0 Å². The number of para-hydroxylation sites is 2. The third kappa shape index (κ3) is 1.48. The second-order valence-electron chi connectivity index (χ2n) is 6.73. The Labute approximate surface area is 150 Å². The summed E-state index contributed by atoms with van der Waals surface area (Å²) in [7, 11) is 1.57. The Morgan fingerprint density at radius 1 is 1.04 bits per heavy atom. The number of nitrogens with one attached hydrogen (secondary N) is 1. The van der Waals surface area contributed by atoms with Crippen molar-refractivity contribution in [2.24, 2.45) is 0 Å². The van der Waals surface area contributed by atoms with E-state index in [0.717, 1.165) is 5.56 Å². The van der Waals surface area contributed by atoms with Crippen LogP contribution < -0.4 is 15.1 Å². The normalized spacial score (nSPS) is 31.4. The average Bonchev–Trinajstić information content (AvgIpc) is 3.12. The van der Waals surface area contributed by atoms with Crippen LogP contribution in [0.3, 0.4) is 0 Å². The number of amides is 3. The number of urea groups is 1. The fourth-order valence-electron chi connectivity index (χ4n) is 4.56. The van der Waals surface area contributed by atoms with Crippen LogP contribution in [0.2, 0.25) is 0 Å². The van der Waals surface area contributed by atoms with Gasteiger partial charge in [-0.15, -0.1) is 0 Å². The molecular formula is C19H17N3O4. The maximum atomic E-state index is 13.5. The zero-order valence-electron chi connectivity index (χ0n) is 14.3. The number of benzene rings is 2. The first-order valence-corrected chi connectivity index (χ1v) is 8.37. The first-order chi connectivity index (χ1) is 12.5. The highest BCUT2D eigenvalue weighted by atomic mass is 16.6. The van der Waals surface area contributed by atoms with Crippen molar-refractivity contribution in [3.8, 4) is 0 Å². The zero-order valence-corrected chi connectivity index (χ0v) is 14.3. The summed E-state index contributed by atoms with van der Waals surface area (Å²) in [6.07, 6.45) is -1.14. The molecule has 3 aliphatic heterocycles. The number of alkyl carbamates (subject to hydrolysis) is 1. The summed E-state index contributed by atoms with van der Waals surface area (Å²) in [5.41, 5.74) is -0.261. The number of rotatable bonds is 2. The molecule has 2 aromatic carbocycles. The van der Waals surface area contributed by atoms with Crippen molar-refractivity contribution in [1.29, 1.82) is 0 Å². The molecule has 26 heavy (non-hydrogen) atoms. The van der Waals surface area contributed by atoms with Gasteiger partial charge in [-0.3, -0.25) is 15.1 Å². The van der Waals surface area contributed by atoms with Crippen LogP contribution in [0.5, 0.6) is 0 Å². The Bertz CT molecular complexity index is 933. The van der Waals surface area contributed by atoms with E-state index in [1.165, 1.54) is 4.90 Å². The van der Waals surface area contributed by atoms with E-state index < -0.39 is 23.6 Å². The van der Waals surface area contributed by atoms with E-state index in [2.05, 4.69) is 5.32 Å². The van der Waals surface area contributed by atoms with Crippen LogP contribution in [-0.2, 0) is 9.47 Å². The summed E-state index contributed by atoms with van der Waals surface area (Å²) in [6.45, 7) is 1.74. The number of fused-ring (bicyclic) bond motifs is 2. The molecule has 2 saturated heterocycles. The highest BCUT2D eigenvalue weighted by molar-refractivity contribution is 6.12. The molecule has 0 aliphatic carbocycles. The number of anilines is 2. The van der Waals surface area contributed by atoms with E-state index in [4.69, 9.17) is 9.47 Å². The van der Waals surface area contributed by atoms with Crippen LogP contribution >= 0.6 is 0 Å². The molecule has 0 radical (unpaired) electrons. The fraction of sp³-hybridized carbons (Fsp3) is 0.263. The molecule has 3 unspecified atom stereocenters. The largest absolute Gasteiger partial charge is 0.418 e. The van der Waals surface area contributed by atoms with Crippen molar-refractivity contribution >= 4 is 23.5 Å². The minimum atomic E-state index is -1.28. The topological polar surface area (TPSA) is 71.1 Å². The number of hydrogen-bond donors (Lipinski definition) is 1. The quantitative estimate of drug-likeness (QED) is 0.903. The number of hydrogen-bond acceptors (Lipinski definition) is 4. The average molecular weight is 351 g/mol. The smallest absolute Gasteiger partial charge is 0.411 e. The molecule has 7 heteroatoms. The van der Waals surface area contributed by atoms with Gasteiger partial charge in [0.2, 0.25) is 11.4 Å². The molecule has 0 bridgehead atoms. The first kappa shape index (κ1) is 15.2. The van der Waals surface area contributed by atoms with Crippen LogP contribution in [0, 0.1) is 0 Å². The van der Waals surface area contributed by atoms with Gasteiger partial charge < -0.3 is 9.47 Å². The summed E-state index contributed by atoms with van der Waals surface area (Å²) >= 11 is 0. The standard InChI is InChI=1S/C19H17N3O4/c1-18-19(20-16(23)26-18)15(25-2)13-10-6-7-11-14(13)22(19)17(24)21(18)12-8-4-3-5-9-12/h3-11,15H,1-2H3,(H,20,23). The fourth-order valence-corrected chi connectivity index (χ4v) is 4.56. The summed E-state index contributed by atoms with van der Waals surface area (Å²) < 4.78 is 11.5. The van der Waals surface area contributed by atoms with E-state index in [-0.39, 0.29) is 6.03 Å². The monoisotopic (exact) mass is 351 g/mol. The van der Waals surface area contributed by atoms with Crippen LogP contribution in [0.4, 0.5) is 21.0 Å². The Morgan fingerprint density at radius 2 is 1.73 bits per heavy atom. The van der Waals surface area contributed by atoms with Crippen molar-refractivity contribution in [1.82, 2.24) is 5.32 Å². The Kier molecular flexibility index (Phi) is 2.79. The van der Waals surface area contributed by atoms with Gasteiger partial charge in [0.05, 0.1) is 5.69 Å². The van der Waals surface area contributed by atoms with Gasteiger partial charge >= 0.3 is 12.1 Å². The molecule has 3 amide bonds. The molecule has 2 aromatic rings. The summed E-state index contributed by atoms with van der Waals surface area (Å²) in [5.74, 6) is 0. The lowest BCUT2D eigenvalue weighted by molar-refractivity contribution is -0.0377. The van der Waals surface area contributed by atoms with Gasteiger partial charge in [-0.25, -0.2) is 9.59 Å². The van der Waals surface area contributed by atoms with Gasteiger partial charge in [0.15, 0.2) is 0 Å². The number of carbonyl (C=O) groups is 2. The lowest BCUT2D eigenvalue weighted by Gasteiger charge is -2.39. The van der Waals surface area contributed by atoms with E-state index in [1.54, 1.807) is 18.9 Å². The number of methoxy groups -OCH3 is 1. The van der Waals surface area contributed by atoms with Gasteiger partial charge in [-0.1, -0.05) is 36.4 Å². The number of nitrogens with zero attached hydrogens (tertiary/aromatic N) is 2. The molecule has 5 rings (SSSR count). The van der Waals surface area contributed by atoms with Crippen LogP contribution in [-0.4, -0.2) is 30.6 Å². The Balaban J connectivity index is 1.80. The van der Waals surface area contributed by atoms with E-state index >= 15 is 0 Å². The lowest BCUT2D eigenvalue weighted by Crippen LogP contribution is -2.64. The summed E-state index contributed by atoms with van der Waals surface area (Å²) in [6, 6.07) is 16.4. The second kappa shape index (κ2) is 4.76. The van der Waals surface area contributed by atoms with Crippen molar-refractivity contribution in [2.75, 3.05) is 16.9 Å². The minimum absolute atomic E-state index is 0.272. The molecule has 3 aliphatic rings. The molecule has 0 saturated carbocycles. The number of carbonyl (C=O) groups excluding carboxylic acids is 2. The predicted molar refractivity (Wildman–Crippen MR) is 93.7 cm³/mol. The van der Waals surface area contributed by atoms with Crippen molar-refractivity contribution in [2.45, 2.75) is 24.4 Å². The molecule has 3 atom stereocenters. The van der Waals surface area contributed by atoms with Crippen LogP contribution in [0.25, 0.3) is 0 Å². The Morgan fingerprint density at radius 3 is 2.46 bits per heavy atom. The summed E-state index contributed by atoms with van der Waals surface area (Å²) in [5, 5.41) is 2.89. The van der Waals surface area contributed by atoms with Crippen LogP contribution in [0.1, 0.15) is 18.6 Å². The van der Waals surface area contributed by atoms with Crippen LogP contribution in [0.15, 0.2) is 54.6 Å². The van der Waals surface area contributed by atoms with E-state index in [1.807, 2.05) is 54.6 Å². The first-order valence-electron chi connectivity index (χ1n) is 8.37. The maximum absolute atomic E-state index is 13.5. The molecule has 1 spiro atoms. The SMILES string of the molecule is COC1c2ccccc2N2C(=O)N(c3ccccc3)C3(C)OC(=O)NC123. The lowest BCUT2D eigenvalue weighted by atomic mass is 9.90. The molecule has 2 fully saturated rings. The van der Waals surface area contributed by atoms with E-state index in [0.29, 0.717) is 11.4 Å². The highest BCUT2D eigenvalue weighted by Gasteiger charge is 2.79.